The first-order valence-corrected chi connectivity index (χ1v) is 10.7. The first kappa shape index (κ1) is 20.8. The Morgan fingerprint density at radius 1 is 1.09 bits per heavy atom. The molecule has 0 aliphatic carbocycles. The number of aliphatic imine (C=N–C) groups is 1. The smallest absolute Gasteiger partial charge is 0.261 e. The molecule has 4 N–H and O–H groups in total. The third-order valence-corrected chi connectivity index (χ3v) is 6.34. The lowest BCUT2D eigenvalue weighted by Gasteiger charge is -2.37. The Hall–Kier alpha value is -4.13. The van der Waals surface area contributed by atoms with Crippen LogP contribution in [0.4, 0.5) is 0 Å². The normalized spacial score (nSPS) is 21.5. The maximum atomic E-state index is 13.4. The van der Waals surface area contributed by atoms with Crippen LogP contribution in [0, 0.1) is 0 Å². The number of fused-ring (bicyclic) bond motifs is 2. The number of ether oxygens (including phenoxy) is 1. The number of carbonyl (C=O) groups is 2. The van der Waals surface area contributed by atoms with E-state index in [1.54, 1.807) is 19.2 Å². The molecule has 5 rings (SSSR count). The van der Waals surface area contributed by atoms with Crippen LogP contribution in [0.2, 0.25) is 0 Å². The summed E-state index contributed by atoms with van der Waals surface area (Å²) in [6.45, 7) is 0. The summed E-state index contributed by atoms with van der Waals surface area (Å²) in [6.07, 6.45) is 0.591. The van der Waals surface area contributed by atoms with Crippen molar-refractivity contribution in [3.8, 4) is 5.75 Å². The molecule has 2 aliphatic heterocycles. The van der Waals surface area contributed by atoms with Gasteiger partial charge in [-0.2, -0.15) is 0 Å². The number of guanidine groups is 1. The monoisotopic (exact) mass is 440 g/mol. The molecule has 0 aromatic heterocycles. The van der Waals surface area contributed by atoms with Gasteiger partial charge in [0.2, 0.25) is 5.91 Å². The van der Waals surface area contributed by atoms with Gasteiger partial charge in [-0.15, -0.1) is 0 Å². The van der Waals surface area contributed by atoms with Gasteiger partial charge in [-0.3, -0.25) is 14.5 Å². The Morgan fingerprint density at radius 2 is 1.85 bits per heavy atom. The molecule has 7 nitrogen and oxygen atoms in total. The third-order valence-electron chi connectivity index (χ3n) is 6.34. The van der Waals surface area contributed by atoms with Crippen molar-refractivity contribution in [2.75, 3.05) is 7.05 Å². The van der Waals surface area contributed by atoms with Crippen LogP contribution in [0.15, 0.2) is 77.8 Å². The molecule has 0 radical (unpaired) electrons. The average molecular weight is 441 g/mol. The number of carbonyl (C=O) groups excluding carboxylic acids is 2. The Bertz CT molecular complexity index is 1290. The fourth-order valence-corrected chi connectivity index (χ4v) is 4.62. The lowest BCUT2D eigenvalue weighted by molar-refractivity contribution is -0.132. The van der Waals surface area contributed by atoms with Gasteiger partial charge in [0.25, 0.3) is 5.91 Å². The summed E-state index contributed by atoms with van der Waals surface area (Å²) in [5.74, 6) is 0.175. The van der Waals surface area contributed by atoms with Crippen molar-refractivity contribution in [3.63, 3.8) is 0 Å². The van der Waals surface area contributed by atoms with Crippen molar-refractivity contribution in [2.45, 2.75) is 24.5 Å². The standard InChI is InChI=1S/C26H24N4O3/c1-30-24(32)26(29-25(30)28)15-22(18-7-3-2-4-8-18)33-21-11-10-17(14-20(21)26)12-16-6-5-9-19(13-16)23(27)31/h2-11,13-14,22H,12,15H2,1H3,(H2,27,31)(H2,28,29). The molecule has 2 amide bonds. The van der Waals surface area contributed by atoms with E-state index >= 15 is 0 Å². The van der Waals surface area contributed by atoms with Crippen molar-refractivity contribution < 1.29 is 14.3 Å². The van der Waals surface area contributed by atoms with Crippen LogP contribution in [0.3, 0.4) is 0 Å². The zero-order valence-corrected chi connectivity index (χ0v) is 18.2. The summed E-state index contributed by atoms with van der Waals surface area (Å²) >= 11 is 0. The molecule has 0 fully saturated rings. The van der Waals surface area contributed by atoms with Crippen LogP contribution in [0.25, 0.3) is 0 Å². The molecule has 166 valence electrons. The van der Waals surface area contributed by atoms with E-state index in [2.05, 4.69) is 4.99 Å². The molecular weight excluding hydrogens is 416 g/mol. The number of amides is 2. The van der Waals surface area contributed by atoms with Crippen molar-refractivity contribution >= 4 is 17.8 Å². The van der Waals surface area contributed by atoms with Gasteiger partial charge in [0, 0.05) is 24.6 Å². The zero-order valence-electron chi connectivity index (χ0n) is 18.2. The molecule has 1 spiro atoms. The molecule has 2 heterocycles. The number of likely N-dealkylation sites (N-methyl/N-ethyl adjacent to an activating group) is 1. The van der Waals surface area contributed by atoms with Crippen LogP contribution in [0.1, 0.15) is 45.1 Å². The van der Waals surface area contributed by atoms with E-state index in [0.29, 0.717) is 29.7 Å². The number of rotatable bonds is 4. The molecule has 33 heavy (non-hydrogen) atoms. The largest absolute Gasteiger partial charge is 0.485 e. The number of nitrogens with two attached hydrogens (primary N) is 2. The molecular formula is C26H24N4O3. The average Bonchev–Trinajstić information content (AvgIpc) is 3.04. The maximum absolute atomic E-state index is 13.4. The number of hydrogen-bond acceptors (Lipinski definition) is 5. The van der Waals surface area contributed by atoms with Crippen LogP contribution in [-0.4, -0.2) is 29.7 Å². The number of nitrogens with zero attached hydrogens (tertiary/aromatic N) is 2. The highest BCUT2D eigenvalue weighted by Gasteiger charge is 2.53. The lowest BCUT2D eigenvalue weighted by atomic mass is 9.79. The topological polar surface area (TPSA) is 111 Å². The van der Waals surface area contributed by atoms with Crippen molar-refractivity contribution in [2.24, 2.45) is 16.5 Å². The summed E-state index contributed by atoms with van der Waals surface area (Å²) in [5.41, 5.74) is 14.4. The predicted molar refractivity (Wildman–Crippen MR) is 125 cm³/mol. The minimum absolute atomic E-state index is 0.168. The Morgan fingerprint density at radius 3 is 2.55 bits per heavy atom. The van der Waals surface area contributed by atoms with Gasteiger partial charge in [0.15, 0.2) is 11.5 Å². The third kappa shape index (κ3) is 3.51. The first-order chi connectivity index (χ1) is 15.9. The second-order valence-corrected chi connectivity index (χ2v) is 8.49. The van der Waals surface area contributed by atoms with Gasteiger partial charge in [0.05, 0.1) is 0 Å². The van der Waals surface area contributed by atoms with Gasteiger partial charge in [-0.25, -0.2) is 4.99 Å². The van der Waals surface area contributed by atoms with Gasteiger partial charge >= 0.3 is 0 Å². The van der Waals surface area contributed by atoms with E-state index in [9.17, 15) is 9.59 Å². The number of primary amides is 1. The Labute approximate surface area is 191 Å². The molecule has 2 unspecified atom stereocenters. The minimum atomic E-state index is -1.14. The quantitative estimate of drug-likeness (QED) is 0.650. The maximum Gasteiger partial charge on any atom is 0.261 e. The molecule has 3 aromatic carbocycles. The summed E-state index contributed by atoms with van der Waals surface area (Å²) in [6, 6.07) is 22.8. The van der Waals surface area contributed by atoms with Gasteiger partial charge in [-0.1, -0.05) is 48.5 Å². The van der Waals surface area contributed by atoms with Crippen LogP contribution in [0.5, 0.6) is 5.75 Å². The summed E-state index contributed by atoms with van der Waals surface area (Å²) < 4.78 is 6.34. The van der Waals surface area contributed by atoms with Gasteiger partial charge < -0.3 is 16.2 Å². The molecule has 0 saturated heterocycles. The van der Waals surface area contributed by atoms with E-state index in [1.807, 2.05) is 60.7 Å². The summed E-state index contributed by atoms with van der Waals surface area (Å²) in [5, 5.41) is 0. The van der Waals surface area contributed by atoms with E-state index < -0.39 is 11.4 Å². The molecule has 2 atom stereocenters. The first-order valence-electron chi connectivity index (χ1n) is 10.7. The predicted octanol–water partition coefficient (Wildman–Crippen LogP) is 2.88. The highest BCUT2D eigenvalue weighted by atomic mass is 16.5. The van der Waals surface area contributed by atoms with E-state index in [-0.39, 0.29) is 18.0 Å². The second kappa shape index (κ2) is 7.78. The van der Waals surface area contributed by atoms with E-state index in [0.717, 1.165) is 16.7 Å². The Balaban J connectivity index is 1.57. The summed E-state index contributed by atoms with van der Waals surface area (Å²) in [4.78, 5) is 31.1. The minimum Gasteiger partial charge on any atom is -0.485 e. The van der Waals surface area contributed by atoms with Crippen molar-refractivity contribution in [3.05, 3.63) is 101 Å². The molecule has 3 aromatic rings. The van der Waals surface area contributed by atoms with Crippen molar-refractivity contribution in [1.29, 1.82) is 0 Å². The van der Waals surface area contributed by atoms with Crippen LogP contribution in [-0.2, 0) is 16.8 Å². The second-order valence-electron chi connectivity index (χ2n) is 8.49. The van der Waals surface area contributed by atoms with Gasteiger partial charge in [-0.05, 0) is 47.4 Å². The number of hydrogen-bond donors (Lipinski definition) is 2. The van der Waals surface area contributed by atoms with Crippen LogP contribution < -0.4 is 16.2 Å². The van der Waals surface area contributed by atoms with Gasteiger partial charge in [0.1, 0.15) is 11.9 Å². The molecule has 7 heteroatoms. The fraction of sp³-hybridized carbons (Fsp3) is 0.192. The molecule has 0 saturated carbocycles. The number of benzene rings is 3. The highest BCUT2D eigenvalue weighted by molar-refractivity contribution is 6.07. The molecule has 2 aliphatic rings. The highest BCUT2D eigenvalue weighted by Crippen LogP contribution is 2.49. The SMILES string of the molecule is CN1C(=O)C2(CC(c3ccccc3)Oc3ccc(Cc4cccc(C(N)=O)c4)cc32)N=C1N. The zero-order chi connectivity index (χ0) is 23.2. The van der Waals surface area contributed by atoms with E-state index in [4.69, 9.17) is 16.2 Å². The lowest BCUT2D eigenvalue weighted by Crippen LogP contribution is -2.43. The summed E-state index contributed by atoms with van der Waals surface area (Å²) in [7, 11) is 1.64. The Kier molecular flexibility index (Phi) is 4.89. The molecule has 0 bridgehead atoms. The fourth-order valence-electron chi connectivity index (χ4n) is 4.62. The van der Waals surface area contributed by atoms with E-state index in [1.165, 1.54) is 4.90 Å². The van der Waals surface area contributed by atoms with Crippen molar-refractivity contribution in [1.82, 2.24) is 4.90 Å². The van der Waals surface area contributed by atoms with Crippen LogP contribution >= 0.6 is 0 Å².